The second-order valence-corrected chi connectivity index (χ2v) is 6.65. The van der Waals surface area contributed by atoms with E-state index in [0.29, 0.717) is 12.3 Å². The molecule has 3 heterocycles. The van der Waals surface area contributed by atoms with Crippen molar-refractivity contribution in [3.05, 3.63) is 66.1 Å². The van der Waals surface area contributed by atoms with Crippen LogP contribution in [0.3, 0.4) is 0 Å². The quantitative estimate of drug-likeness (QED) is 0.742. The van der Waals surface area contributed by atoms with E-state index in [1.54, 1.807) is 0 Å². The molecule has 0 atom stereocenters. The Hall–Kier alpha value is -2.62. The molecule has 0 saturated carbocycles. The fraction of sp³-hybridized carbons (Fsp3) is 0.300. The third kappa shape index (κ3) is 2.80. The van der Waals surface area contributed by atoms with E-state index < -0.39 is 0 Å². The van der Waals surface area contributed by atoms with E-state index in [2.05, 4.69) is 34.9 Å². The number of fused-ring (bicyclic) bond motifs is 1. The van der Waals surface area contributed by atoms with Gasteiger partial charge in [-0.25, -0.2) is 0 Å². The molecule has 1 saturated heterocycles. The average molecular weight is 319 g/mol. The minimum atomic E-state index is 0.225. The zero-order valence-corrected chi connectivity index (χ0v) is 13.9. The van der Waals surface area contributed by atoms with Gasteiger partial charge in [-0.15, -0.1) is 0 Å². The van der Waals surface area contributed by atoms with Crippen LogP contribution in [0, 0.1) is 5.92 Å². The fourth-order valence-corrected chi connectivity index (χ4v) is 3.53. The number of nitrogens with zero attached hydrogens (tertiary/aromatic N) is 3. The van der Waals surface area contributed by atoms with Gasteiger partial charge in [-0.1, -0.05) is 30.3 Å². The molecule has 0 aliphatic carbocycles. The standard InChI is InChI=1S/C20H21N3O/c1-22-10-8-17-7-9-21-18(20(17)22)11-16-13-23(14-16)19(24)12-15-5-3-2-4-6-15/h2-10,16H,11-14H2,1H3. The first-order valence-electron chi connectivity index (χ1n) is 8.41. The summed E-state index contributed by atoms with van der Waals surface area (Å²) in [5.41, 5.74) is 3.44. The molecule has 4 rings (SSSR count). The van der Waals surface area contributed by atoms with Crippen molar-refractivity contribution in [1.82, 2.24) is 14.5 Å². The van der Waals surface area contributed by atoms with Gasteiger partial charge in [-0.05, 0) is 30.0 Å². The van der Waals surface area contributed by atoms with Crippen LogP contribution in [0.4, 0.5) is 0 Å². The van der Waals surface area contributed by atoms with Gasteiger partial charge in [0.05, 0.1) is 17.6 Å². The number of likely N-dealkylation sites (tertiary alicyclic amines) is 1. The van der Waals surface area contributed by atoms with Crippen molar-refractivity contribution in [1.29, 1.82) is 0 Å². The summed E-state index contributed by atoms with van der Waals surface area (Å²) < 4.78 is 2.13. The number of carbonyl (C=O) groups is 1. The largest absolute Gasteiger partial charge is 0.349 e. The van der Waals surface area contributed by atoms with Crippen molar-refractivity contribution >= 4 is 16.8 Å². The molecule has 0 N–H and O–H groups in total. The van der Waals surface area contributed by atoms with Crippen molar-refractivity contribution in [3.8, 4) is 0 Å². The lowest BCUT2D eigenvalue weighted by Crippen LogP contribution is -2.51. The molecule has 2 aromatic heterocycles. The Labute approximate surface area is 141 Å². The third-order valence-electron chi connectivity index (χ3n) is 4.85. The van der Waals surface area contributed by atoms with Crippen LogP contribution in [0.1, 0.15) is 11.3 Å². The minimum absolute atomic E-state index is 0.225. The molecular formula is C20H21N3O. The number of hydrogen-bond donors (Lipinski definition) is 0. The van der Waals surface area contributed by atoms with Crippen LogP contribution < -0.4 is 0 Å². The number of aryl methyl sites for hydroxylation is 1. The average Bonchev–Trinajstić information content (AvgIpc) is 2.93. The van der Waals surface area contributed by atoms with E-state index in [4.69, 9.17) is 0 Å². The molecule has 0 spiro atoms. The van der Waals surface area contributed by atoms with Crippen LogP contribution in [0.2, 0.25) is 0 Å². The molecule has 3 aromatic rings. The SMILES string of the molecule is Cn1ccc2ccnc(CC3CN(C(=O)Cc4ccccc4)C3)c21. The first-order valence-corrected chi connectivity index (χ1v) is 8.41. The van der Waals surface area contributed by atoms with E-state index in [-0.39, 0.29) is 5.91 Å². The summed E-state index contributed by atoms with van der Waals surface area (Å²) in [4.78, 5) is 18.9. The summed E-state index contributed by atoms with van der Waals surface area (Å²) in [6.45, 7) is 1.68. The van der Waals surface area contributed by atoms with E-state index >= 15 is 0 Å². The second kappa shape index (κ2) is 6.11. The minimum Gasteiger partial charge on any atom is -0.349 e. The Kier molecular flexibility index (Phi) is 3.81. The number of aromatic nitrogens is 2. The number of amides is 1. The molecule has 1 aliphatic rings. The molecule has 24 heavy (non-hydrogen) atoms. The van der Waals surface area contributed by atoms with Crippen LogP contribution >= 0.6 is 0 Å². The molecule has 0 unspecified atom stereocenters. The fourth-order valence-electron chi connectivity index (χ4n) is 3.53. The van der Waals surface area contributed by atoms with Crippen molar-refractivity contribution in [3.63, 3.8) is 0 Å². The number of carbonyl (C=O) groups excluding carboxylic acids is 1. The number of rotatable bonds is 4. The highest BCUT2D eigenvalue weighted by atomic mass is 16.2. The maximum Gasteiger partial charge on any atom is 0.227 e. The first kappa shape index (κ1) is 14.9. The highest BCUT2D eigenvalue weighted by molar-refractivity contribution is 5.82. The lowest BCUT2D eigenvalue weighted by molar-refractivity contribution is -0.136. The predicted octanol–water partition coefficient (Wildman–Crippen LogP) is 2.82. The van der Waals surface area contributed by atoms with Crippen LogP contribution in [-0.4, -0.2) is 33.4 Å². The Morgan fingerprint density at radius 3 is 2.75 bits per heavy atom. The maximum atomic E-state index is 12.3. The predicted molar refractivity (Wildman–Crippen MR) is 94.6 cm³/mol. The summed E-state index contributed by atoms with van der Waals surface area (Å²) in [6, 6.07) is 14.1. The normalized spacial score (nSPS) is 14.8. The van der Waals surface area contributed by atoms with E-state index in [9.17, 15) is 4.79 Å². The summed E-state index contributed by atoms with van der Waals surface area (Å²) in [7, 11) is 2.06. The van der Waals surface area contributed by atoms with Gasteiger partial charge in [0.25, 0.3) is 0 Å². The molecule has 0 radical (unpaired) electrons. The van der Waals surface area contributed by atoms with Crippen molar-refractivity contribution < 1.29 is 4.79 Å². The van der Waals surface area contributed by atoms with Gasteiger partial charge in [0.1, 0.15) is 0 Å². The maximum absolute atomic E-state index is 12.3. The zero-order chi connectivity index (χ0) is 16.5. The lowest BCUT2D eigenvalue weighted by atomic mass is 9.93. The number of hydrogen-bond acceptors (Lipinski definition) is 2. The van der Waals surface area contributed by atoms with Crippen molar-refractivity contribution in [2.24, 2.45) is 13.0 Å². The molecule has 1 amide bonds. The summed E-state index contributed by atoms with van der Waals surface area (Å²) in [5, 5.41) is 1.24. The highest BCUT2D eigenvalue weighted by Gasteiger charge is 2.31. The first-order chi connectivity index (χ1) is 11.7. The van der Waals surface area contributed by atoms with Gasteiger partial charge in [-0.3, -0.25) is 9.78 Å². The monoisotopic (exact) mass is 319 g/mol. The zero-order valence-electron chi connectivity index (χ0n) is 13.9. The number of benzene rings is 1. The van der Waals surface area contributed by atoms with E-state index in [1.807, 2.05) is 41.4 Å². The van der Waals surface area contributed by atoms with Crippen molar-refractivity contribution in [2.45, 2.75) is 12.8 Å². The van der Waals surface area contributed by atoms with Gasteiger partial charge in [-0.2, -0.15) is 0 Å². The van der Waals surface area contributed by atoms with Gasteiger partial charge in [0.2, 0.25) is 5.91 Å². The van der Waals surface area contributed by atoms with E-state index in [1.165, 1.54) is 10.9 Å². The van der Waals surface area contributed by atoms with Crippen LogP contribution in [0.25, 0.3) is 10.9 Å². The van der Waals surface area contributed by atoms with Gasteiger partial charge >= 0.3 is 0 Å². The molecule has 4 nitrogen and oxygen atoms in total. The molecule has 1 aliphatic heterocycles. The van der Waals surface area contributed by atoms with E-state index in [0.717, 1.165) is 30.8 Å². The van der Waals surface area contributed by atoms with Gasteiger partial charge in [0.15, 0.2) is 0 Å². The Morgan fingerprint density at radius 2 is 1.96 bits per heavy atom. The highest BCUT2D eigenvalue weighted by Crippen LogP contribution is 2.25. The third-order valence-corrected chi connectivity index (χ3v) is 4.85. The molecule has 1 aromatic carbocycles. The summed E-state index contributed by atoms with van der Waals surface area (Å²) >= 11 is 0. The second-order valence-electron chi connectivity index (χ2n) is 6.65. The van der Waals surface area contributed by atoms with Crippen LogP contribution in [-0.2, 0) is 24.7 Å². The molecule has 122 valence electrons. The molecule has 1 fully saturated rings. The topological polar surface area (TPSA) is 38.1 Å². The summed E-state index contributed by atoms with van der Waals surface area (Å²) in [5.74, 6) is 0.736. The smallest absolute Gasteiger partial charge is 0.227 e. The van der Waals surface area contributed by atoms with Crippen LogP contribution in [0.5, 0.6) is 0 Å². The summed E-state index contributed by atoms with van der Waals surface area (Å²) in [6.07, 6.45) is 5.39. The lowest BCUT2D eigenvalue weighted by Gasteiger charge is -2.39. The van der Waals surface area contributed by atoms with Crippen LogP contribution in [0.15, 0.2) is 54.9 Å². The van der Waals surface area contributed by atoms with Gasteiger partial charge < -0.3 is 9.47 Å². The Morgan fingerprint density at radius 1 is 1.17 bits per heavy atom. The molecule has 0 bridgehead atoms. The van der Waals surface area contributed by atoms with Gasteiger partial charge in [0, 0.05) is 37.9 Å². The van der Waals surface area contributed by atoms with Crippen molar-refractivity contribution in [2.75, 3.05) is 13.1 Å². The molecular weight excluding hydrogens is 298 g/mol. The number of pyridine rings is 1. The Bertz CT molecular complexity index is 863. The molecule has 4 heteroatoms. The Balaban J connectivity index is 1.37.